The van der Waals surface area contributed by atoms with Crippen molar-refractivity contribution in [1.29, 1.82) is 0 Å². The lowest BCUT2D eigenvalue weighted by atomic mass is 9.87. The number of hydrogen-bond acceptors (Lipinski definition) is 5. The fourth-order valence-electron chi connectivity index (χ4n) is 5.18. The molecule has 0 radical (unpaired) electrons. The van der Waals surface area contributed by atoms with E-state index in [2.05, 4.69) is 27.7 Å². The van der Waals surface area contributed by atoms with Crippen molar-refractivity contribution in [3.05, 3.63) is 65.7 Å². The Morgan fingerprint density at radius 2 is 1.78 bits per heavy atom. The molecular weight excluding hydrogens is 456 g/mol. The van der Waals surface area contributed by atoms with Gasteiger partial charge >= 0.3 is 6.03 Å². The summed E-state index contributed by atoms with van der Waals surface area (Å²) in [4.78, 5) is 42.2. The summed E-state index contributed by atoms with van der Waals surface area (Å²) in [5.41, 5.74) is 1.18. The molecule has 2 N–H and O–H groups in total. The van der Waals surface area contributed by atoms with Crippen LogP contribution in [0.3, 0.4) is 0 Å². The zero-order valence-electron chi connectivity index (χ0n) is 20.7. The number of urea groups is 1. The largest absolute Gasteiger partial charge is 0.497 e. The lowest BCUT2D eigenvalue weighted by Crippen LogP contribution is -2.55. The number of methoxy groups -OCH3 is 1. The number of ether oxygens (including phenoxy) is 1. The second-order valence-electron chi connectivity index (χ2n) is 10.1. The van der Waals surface area contributed by atoms with Crippen LogP contribution in [0.25, 0.3) is 0 Å². The summed E-state index contributed by atoms with van der Waals surface area (Å²) in [6.45, 7) is 2.51. The summed E-state index contributed by atoms with van der Waals surface area (Å²) >= 11 is 0. The second kappa shape index (κ2) is 10.3. The first-order valence-electron chi connectivity index (χ1n) is 12.8. The van der Waals surface area contributed by atoms with Gasteiger partial charge in [-0.25, -0.2) is 4.79 Å². The van der Waals surface area contributed by atoms with Gasteiger partial charge in [-0.1, -0.05) is 42.5 Å². The maximum absolute atomic E-state index is 13.3. The highest BCUT2D eigenvalue weighted by Crippen LogP contribution is 2.32. The topological polar surface area (TPSA) is 91.0 Å². The maximum Gasteiger partial charge on any atom is 0.325 e. The molecule has 8 nitrogen and oxygen atoms in total. The van der Waals surface area contributed by atoms with Crippen LogP contribution in [0.4, 0.5) is 4.79 Å². The van der Waals surface area contributed by atoms with E-state index in [1.54, 1.807) is 7.11 Å². The van der Waals surface area contributed by atoms with Crippen LogP contribution in [-0.2, 0) is 16.1 Å². The molecule has 1 spiro atoms. The number of imide groups is 1. The van der Waals surface area contributed by atoms with Crippen molar-refractivity contribution >= 4 is 17.8 Å². The molecule has 2 aromatic carbocycles. The Morgan fingerprint density at radius 3 is 2.42 bits per heavy atom. The van der Waals surface area contributed by atoms with Crippen molar-refractivity contribution in [2.75, 3.05) is 26.7 Å². The third kappa shape index (κ3) is 5.23. The Balaban J connectivity index is 1.16. The molecule has 8 heteroatoms. The van der Waals surface area contributed by atoms with Crippen LogP contribution in [0, 0.1) is 5.92 Å². The Morgan fingerprint density at radius 1 is 1.08 bits per heavy atom. The van der Waals surface area contributed by atoms with Crippen molar-refractivity contribution in [2.45, 2.75) is 50.2 Å². The van der Waals surface area contributed by atoms with Gasteiger partial charge in [-0.05, 0) is 55.4 Å². The minimum atomic E-state index is -0.820. The standard InChI is InChI=1S/C28H34N4O4/c1-36-23-11-7-20(8-12-23)19-32-26(34)28(30-27(32)35)14-17-31(18-15-28)16-13-24(21-5-3-2-4-6-21)29-25(33)22-9-10-22/h2-8,11-12,22,24H,9-10,13-19H2,1H3,(H,29,33)(H,30,35). The molecule has 2 aromatic rings. The third-order valence-electron chi connectivity index (χ3n) is 7.66. The van der Waals surface area contributed by atoms with E-state index in [4.69, 9.17) is 4.74 Å². The van der Waals surface area contributed by atoms with Gasteiger partial charge in [0.15, 0.2) is 0 Å². The van der Waals surface area contributed by atoms with Gasteiger partial charge in [-0.3, -0.25) is 14.5 Å². The van der Waals surface area contributed by atoms with Crippen LogP contribution in [0.1, 0.15) is 49.3 Å². The molecule has 0 bridgehead atoms. The van der Waals surface area contributed by atoms with Gasteiger partial charge in [0.1, 0.15) is 11.3 Å². The first-order valence-corrected chi connectivity index (χ1v) is 12.8. The summed E-state index contributed by atoms with van der Waals surface area (Å²) in [6, 6.07) is 17.2. The zero-order valence-corrected chi connectivity index (χ0v) is 20.7. The Labute approximate surface area is 212 Å². The maximum atomic E-state index is 13.3. The SMILES string of the molecule is COc1ccc(CN2C(=O)NC3(CCN(CCC(NC(=O)C4CC4)c4ccccc4)CC3)C2=O)cc1. The van der Waals surface area contributed by atoms with Crippen LogP contribution < -0.4 is 15.4 Å². The number of carbonyl (C=O) groups excluding carboxylic acids is 3. The van der Waals surface area contributed by atoms with Gasteiger partial charge in [0.25, 0.3) is 5.91 Å². The highest BCUT2D eigenvalue weighted by atomic mass is 16.5. The van der Waals surface area contributed by atoms with E-state index in [1.807, 2.05) is 42.5 Å². The van der Waals surface area contributed by atoms with E-state index >= 15 is 0 Å². The van der Waals surface area contributed by atoms with E-state index in [-0.39, 0.29) is 36.3 Å². The molecule has 2 saturated heterocycles. The molecule has 36 heavy (non-hydrogen) atoms. The molecule has 3 aliphatic rings. The summed E-state index contributed by atoms with van der Waals surface area (Å²) in [5.74, 6) is 0.921. The lowest BCUT2D eigenvalue weighted by molar-refractivity contribution is -0.133. The van der Waals surface area contributed by atoms with E-state index in [9.17, 15) is 14.4 Å². The molecule has 0 aromatic heterocycles. The zero-order chi connectivity index (χ0) is 25.1. The van der Waals surface area contributed by atoms with Crippen LogP contribution in [0.15, 0.2) is 54.6 Å². The molecule has 1 atom stereocenters. The van der Waals surface area contributed by atoms with E-state index in [0.717, 1.165) is 55.8 Å². The van der Waals surface area contributed by atoms with Crippen molar-refractivity contribution in [1.82, 2.24) is 20.4 Å². The molecule has 5 rings (SSSR count). The number of hydrogen-bond donors (Lipinski definition) is 2. The van der Waals surface area contributed by atoms with Gasteiger partial charge in [-0.2, -0.15) is 0 Å². The van der Waals surface area contributed by atoms with Crippen LogP contribution in [-0.4, -0.2) is 59.9 Å². The van der Waals surface area contributed by atoms with Crippen molar-refractivity contribution in [2.24, 2.45) is 5.92 Å². The molecule has 1 aliphatic carbocycles. The van der Waals surface area contributed by atoms with E-state index in [1.165, 1.54) is 4.90 Å². The summed E-state index contributed by atoms with van der Waals surface area (Å²) in [7, 11) is 1.61. The number of nitrogens with zero attached hydrogens (tertiary/aromatic N) is 2. The number of amides is 4. The van der Waals surface area contributed by atoms with Crippen LogP contribution >= 0.6 is 0 Å². The quantitative estimate of drug-likeness (QED) is 0.527. The lowest BCUT2D eigenvalue weighted by Gasteiger charge is -2.37. The van der Waals surface area contributed by atoms with E-state index < -0.39 is 5.54 Å². The molecule has 3 fully saturated rings. The first-order chi connectivity index (χ1) is 17.5. The number of likely N-dealkylation sites (tertiary alicyclic amines) is 1. The van der Waals surface area contributed by atoms with Gasteiger partial charge in [0, 0.05) is 25.6 Å². The average Bonchev–Trinajstić information content (AvgIpc) is 3.74. The van der Waals surface area contributed by atoms with E-state index in [0.29, 0.717) is 12.8 Å². The minimum Gasteiger partial charge on any atom is -0.497 e. The number of benzene rings is 2. The normalized spacial score (nSPS) is 20.3. The van der Waals surface area contributed by atoms with Gasteiger partial charge in [0.2, 0.25) is 5.91 Å². The summed E-state index contributed by atoms with van der Waals surface area (Å²) in [5, 5.41) is 6.24. The number of nitrogens with one attached hydrogen (secondary N) is 2. The molecule has 190 valence electrons. The molecule has 2 aliphatic heterocycles. The highest BCUT2D eigenvalue weighted by Gasteiger charge is 2.52. The Bertz CT molecular complexity index is 1090. The first kappa shape index (κ1) is 24.3. The molecule has 1 saturated carbocycles. The monoisotopic (exact) mass is 490 g/mol. The van der Waals surface area contributed by atoms with Gasteiger partial charge in [-0.15, -0.1) is 0 Å². The summed E-state index contributed by atoms with van der Waals surface area (Å²) in [6.07, 6.45) is 3.94. The Hall–Kier alpha value is -3.39. The fourth-order valence-corrected chi connectivity index (χ4v) is 5.18. The highest BCUT2D eigenvalue weighted by molar-refractivity contribution is 6.07. The molecule has 2 heterocycles. The predicted molar refractivity (Wildman–Crippen MR) is 135 cm³/mol. The molecule has 4 amide bonds. The molecule has 1 unspecified atom stereocenters. The smallest absolute Gasteiger partial charge is 0.325 e. The van der Waals surface area contributed by atoms with Crippen molar-refractivity contribution in [3.8, 4) is 5.75 Å². The molecular formula is C28H34N4O4. The van der Waals surface area contributed by atoms with Gasteiger partial charge < -0.3 is 20.3 Å². The second-order valence-corrected chi connectivity index (χ2v) is 10.1. The van der Waals surface area contributed by atoms with Crippen LogP contribution in [0.2, 0.25) is 0 Å². The average molecular weight is 491 g/mol. The summed E-state index contributed by atoms with van der Waals surface area (Å²) < 4.78 is 5.19. The Kier molecular flexibility index (Phi) is 6.96. The fraction of sp³-hybridized carbons (Fsp3) is 0.464. The van der Waals surface area contributed by atoms with Crippen LogP contribution in [0.5, 0.6) is 5.75 Å². The number of carbonyl (C=O) groups is 3. The van der Waals surface area contributed by atoms with Crippen molar-refractivity contribution in [3.63, 3.8) is 0 Å². The predicted octanol–water partition coefficient (Wildman–Crippen LogP) is 3.24. The number of rotatable bonds is 9. The third-order valence-corrected chi connectivity index (χ3v) is 7.66. The van der Waals surface area contributed by atoms with Crippen molar-refractivity contribution < 1.29 is 19.1 Å². The van der Waals surface area contributed by atoms with Gasteiger partial charge in [0.05, 0.1) is 19.7 Å². The number of piperidine rings is 1. The minimum absolute atomic E-state index is 0.0250.